The molecule has 2 saturated carbocycles. The normalized spacial score (nSPS) is 18.7. The highest BCUT2D eigenvalue weighted by atomic mass is 79.9. The lowest BCUT2D eigenvalue weighted by molar-refractivity contribution is 0.428. The van der Waals surface area contributed by atoms with Crippen molar-refractivity contribution in [3.05, 3.63) is 28.2 Å². The molecule has 18 heavy (non-hydrogen) atoms. The van der Waals surface area contributed by atoms with E-state index in [1.807, 2.05) is 18.2 Å². The Morgan fingerprint density at radius 2 is 1.94 bits per heavy atom. The third-order valence-electron chi connectivity index (χ3n) is 4.09. The van der Waals surface area contributed by atoms with Crippen LogP contribution in [0.1, 0.15) is 31.2 Å². The third kappa shape index (κ3) is 2.70. The van der Waals surface area contributed by atoms with Gasteiger partial charge in [-0.05, 0) is 61.6 Å². The molecule has 2 aliphatic rings. The second-order valence-electron chi connectivity index (χ2n) is 5.52. The van der Waals surface area contributed by atoms with E-state index in [9.17, 15) is 0 Å². The Morgan fingerprint density at radius 1 is 1.28 bits per heavy atom. The number of anilines is 1. The van der Waals surface area contributed by atoms with Gasteiger partial charge >= 0.3 is 0 Å². The molecule has 0 spiro atoms. The lowest BCUT2D eigenvalue weighted by Crippen LogP contribution is -2.18. The number of benzene rings is 1. The Bertz CT molecular complexity index is 472. The molecule has 2 fully saturated rings. The predicted octanol–water partition coefficient (Wildman–Crippen LogP) is 4.17. The van der Waals surface area contributed by atoms with Crippen LogP contribution in [0.25, 0.3) is 0 Å². The molecule has 0 heterocycles. The first-order valence-corrected chi connectivity index (χ1v) is 7.51. The molecular weight excluding hydrogens is 288 g/mol. The van der Waals surface area contributed by atoms with Gasteiger partial charge in [-0.2, -0.15) is 5.26 Å². The van der Waals surface area contributed by atoms with E-state index in [0.29, 0.717) is 0 Å². The number of rotatable bonds is 5. The Labute approximate surface area is 117 Å². The summed E-state index contributed by atoms with van der Waals surface area (Å²) in [5.74, 6) is 2.72. The SMILES string of the molecule is N#Cc1ccc(Br)cc1NCC(C1CC1)C1CC1. The number of hydrogen-bond donors (Lipinski definition) is 1. The Balaban J connectivity index is 1.68. The number of halogens is 1. The largest absolute Gasteiger partial charge is 0.384 e. The molecular formula is C15H17BrN2. The minimum atomic E-state index is 0.739. The van der Waals surface area contributed by atoms with Gasteiger partial charge < -0.3 is 5.32 Å². The fraction of sp³-hybridized carbons (Fsp3) is 0.533. The third-order valence-corrected chi connectivity index (χ3v) is 4.58. The summed E-state index contributed by atoms with van der Waals surface area (Å²) >= 11 is 3.47. The molecule has 94 valence electrons. The standard InChI is InChI=1S/C15H17BrN2/c16-13-6-5-12(8-17)15(7-13)18-9-14(10-1-2-10)11-3-4-11/h5-7,10-11,14,18H,1-4,9H2. The van der Waals surface area contributed by atoms with Crippen LogP contribution in [0.3, 0.4) is 0 Å². The van der Waals surface area contributed by atoms with Gasteiger partial charge in [0.25, 0.3) is 0 Å². The van der Waals surface area contributed by atoms with Crippen molar-refractivity contribution in [2.45, 2.75) is 25.7 Å². The number of hydrogen-bond acceptors (Lipinski definition) is 2. The number of nitrogens with zero attached hydrogens (tertiary/aromatic N) is 1. The van der Waals surface area contributed by atoms with Crippen molar-refractivity contribution in [1.29, 1.82) is 5.26 Å². The van der Waals surface area contributed by atoms with Gasteiger partial charge in [0.1, 0.15) is 6.07 Å². The molecule has 1 N–H and O–H groups in total. The molecule has 2 aliphatic carbocycles. The van der Waals surface area contributed by atoms with Gasteiger partial charge in [0, 0.05) is 11.0 Å². The predicted molar refractivity (Wildman–Crippen MR) is 76.3 cm³/mol. The van der Waals surface area contributed by atoms with Crippen LogP contribution in [0.5, 0.6) is 0 Å². The van der Waals surface area contributed by atoms with Crippen LogP contribution < -0.4 is 5.32 Å². The fourth-order valence-electron chi connectivity index (χ4n) is 2.76. The van der Waals surface area contributed by atoms with E-state index in [1.165, 1.54) is 25.7 Å². The van der Waals surface area contributed by atoms with Gasteiger partial charge in [-0.15, -0.1) is 0 Å². The lowest BCUT2D eigenvalue weighted by atomic mass is 9.97. The van der Waals surface area contributed by atoms with Gasteiger partial charge in [-0.3, -0.25) is 0 Å². The van der Waals surface area contributed by atoms with Crippen molar-refractivity contribution in [3.8, 4) is 6.07 Å². The van der Waals surface area contributed by atoms with Crippen LogP contribution in [-0.4, -0.2) is 6.54 Å². The molecule has 0 aliphatic heterocycles. The van der Waals surface area contributed by atoms with Gasteiger partial charge in [0.05, 0.1) is 11.3 Å². The molecule has 3 heteroatoms. The number of nitriles is 1. The van der Waals surface area contributed by atoms with Crippen molar-refractivity contribution in [2.24, 2.45) is 17.8 Å². The zero-order chi connectivity index (χ0) is 12.5. The molecule has 0 bridgehead atoms. The maximum atomic E-state index is 9.11. The first kappa shape index (κ1) is 12.0. The van der Waals surface area contributed by atoms with Crippen LogP contribution in [0.4, 0.5) is 5.69 Å². The Morgan fingerprint density at radius 3 is 2.50 bits per heavy atom. The molecule has 0 aromatic heterocycles. The second-order valence-corrected chi connectivity index (χ2v) is 6.44. The zero-order valence-electron chi connectivity index (χ0n) is 10.3. The molecule has 0 amide bonds. The minimum absolute atomic E-state index is 0.739. The summed E-state index contributed by atoms with van der Waals surface area (Å²) in [5, 5.41) is 12.6. The quantitative estimate of drug-likeness (QED) is 0.886. The average Bonchev–Trinajstić information content (AvgIpc) is 3.24. The maximum absolute atomic E-state index is 9.11. The average molecular weight is 305 g/mol. The topological polar surface area (TPSA) is 35.8 Å². The summed E-state index contributed by atoms with van der Waals surface area (Å²) in [4.78, 5) is 0. The van der Waals surface area contributed by atoms with Crippen molar-refractivity contribution < 1.29 is 0 Å². The van der Waals surface area contributed by atoms with Crippen molar-refractivity contribution in [3.63, 3.8) is 0 Å². The molecule has 0 radical (unpaired) electrons. The molecule has 3 rings (SSSR count). The van der Waals surface area contributed by atoms with Crippen molar-refractivity contribution >= 4 is 21.6 Å². The summed E-state index contributed by atoms with van der Waals surface area (Å²) in [7, 11) is 0. The Hall–Kier alpha value is -1.01. The highest BCUT2D eigenvalue weighted by molar-refractivity contribution is 9.10. The van der Waals surface area contributed by atoms with Crippen LogP contribution in [0.2, 0.25) is 0 Å². The highest BCUT2D eigenvalue weighted by Gasteiger charge is 2.41. The van der Waals surface area contributed by atoms with E-state index in [-0.39, 0.29) is 0 Å². The Kier molecular flexibility index (Phi) is 3.30. The van der Waals surface area contributed by atoms with Gasteiger partial charge in [0.2, 0.25) is 0 Å². The summed E-state index contributed by atoms with van der Waals surface area (Å²) in [6.45, 7) is 1.03. The highest BCUT2D eigenvalue weighted by Crippen LogP contribution is 2.49. The van der Waals surface area contributed by atoms with Gasteiger partial charge in [-0.1, -0.05) is 15.9 Å². The molecule has 1 aromatic rings. The molecule has 0 atom stereocenters. The van der Waals surface area contributed by atoms with Crippen LogP contribution in [0.15, 0.2) is 22.7 Å². The monoisotopic (exact) mass is 304 g/mol. The fourth-order valence-corrected chi connectivity index (χ4v) is 3.12. The van der Waals surface area contributed by atoms with Crippen LogP contribution >= 0.6 is 15.9 Å². The van der Waals surface area contributed by atoms with Crippen molar-refractivity contribution in [2.75, 3.05) is 11.9 Å². The summed E-state index contributed by atoms with van der Waals surface area (Å²) in [5.41, 5.74) is 1.71. The molecule has 0 unspecified atom stereocenters. The molecule has 2 nitrogen and oxygen atoms in total. The maximum Gasteiger partial charge on any atom is 0.101 e. The van der Waals surface area contributed by atoms with Crippen LogP contribution in [0, 0.1) is 29.1 Å². The first-order valence-electron chi connectivity index (χ1n) is 6.71. The van der Waals surface area contributed by atoms with E-state index >= 15 is 0 Å². The molecule has 0 saturated heterocycles. The first-order chi connectivity index (χ1) is 8.78. The zero-order valence-corrected chi connectivity index (χ0v) is 11.9. The van der Waals surface area contributed by atoms with Gasteiger partial charge in [-0.25, -0.2) is 0 Å². The summed E-state index contributed by atoms with van der Waals surface area (Å²) < 4.78 is 1.03. The van der Waals surface area contributed by atoms with Crippen LogP contribution in [-0.2, 0) is 0 Å². The van der Waals surface area contributed by atoms with E-state index < -0.39 is 0 Å². The summed E-state index contributed by atoms with van der Waals surface area (Å²) in [6.07, 6.45) is 5.64. The van der Waals surface area contributed by atoms with Gasteiger partial charge in [0.15, 0.2) is 0 Å². The number of nitrogens with one attached hydrogen (secondary N) is 1. The molecule has 1 aromatic carbocycles. The van der Waals surface area contributed by atoms with E-state index in [1.54, 1.807) is 0 Å². The van der Waals surface area contributed by atoms with E-state index in [2.05, 4.69) is 27.3 Å². The second kappa shape index (κ2) is 4.93. The lowest BCUT2D eigenvalue weighted by Gasteiger charge is -2.17. The van der Waals surface area contributed by atoms with Crippen molar-refractivity contribution in [1.82, 2.24) is 0 Å². The smallest absolute Gasteiger partial charge is 0.101 e. The summed E-state index contributed by atoms with van der Waals surface area (Å²) in [6, 6.07) is 8.05. The van der Waals surface area contributed by atoms with E-state index in [0.717, 1.165) is 40.0 Å². The minimum Gasteiger partial charge on any atom is -0.384 e. The van der Waals surface area contributed by atoms with E-state index in [4.69, 9.17) is 5.26 Å².